The van der Waals surface area contributed by atoms with E-state index in [1.807, 2.05) is 0 Å². The highest BCUT2D eigenvalue weighted by atomic mass is 16.4. The monoisotopic (exact) mass is 377 g/mol. The number of carbonyl (C=O) groups is 2. The maximum Gasteiger partial charge on any atom is 0.325 e. The van der Waals surface area contributed by atoms with Gasteiger partial charge in [-0.05, 0) is 57.1 Å². The normalized spacial score (nSPS) is 31.9. The number of rotatable bonds is 5. The number of hydrogen-bond acceptors (Lipinski definition) is 4. The lowest BCUT2D eigenvalue weighted by molar-refractivity contribution is -0.144. The first kappa shape index (κ1) is 19.9. The third-order valence-electron chi connectivity index (χ3n) is 6.62. The number of nitrogens with zero attached hydrogens (tertiary/aromatic N) is 2. The zero-order valence-electron chi connectivity index (χ0n) is 16.4. The van der Waals surface area contributed by atoms with Crippen LogP contribution in [0.25, 0.3) is 0 Å². The molecule has 2 fully saturated rings. The summed E-state index contributed by atoms with van der Waals surface area (Å²) < 4.78 is 2.30. The van der Waals surface area contributed by atoms with Crippen molar-refractivity contribution in [3.8, 4) is 0 Å². The van der Waals surface area contributed by atoms with E-state index in [-0.39, 0.29) is 12.0 Å². The number of aryl methyl sites for hydroxylation is 1. The quantitative estimate of drug-likeness (QED) is 0.725. The average molecular weight is 377 g/mol. The number of carboxylic acid groups (broad SMARTS) is 2. The molecule has 1 aliphatic heterocycles. The second-order valence-corrected chi connectivity index (χ2v) is 8.58. The summed E-state index contributed by atoms with van der Waals surface area (Å²) in [5.41, 5.74) is 8.31. The average Bonchev–Trinajstić information content (AvgIpc) is 3.10. The molecule has 7 nitrogen and oxygen atoms in total. The van der Waals surface area contributed by atoms with Crippen molar-refractivity contribution < 1.29 is 19.8 Å². The summed E-state index contributed by atoms with van der Waals surface area (Å²) in [7, 11) is 0. The van der Waals surface area contributed by atoms with Crippen LogP contribution in [0.15, 0.2) is 6.07 Å². The number of aromatic nitrogens is 1. The Balaban J connectivity index is 1.79. The Morgan fingerprint density at radius 2 is 2.00 bits per heavy atom. The second-order valence-electron chi connectivity index (χ2n) is 8.58. The zero-order valence-corrected chi connectivity index (χ0v) is 16.4. The molecule has 4 atom stereocenters. The van der Waals surface area contributed by atoms with Crippen molar-refractivity contribution in [1.82, 2.24) is 9.47 Å². The first-order chi connectivity index (χ1) is 12.6. The Morgan fingerprint density at radius 1 is 1.30 bits per heavy atom. The van der Waals surface area contributed by atoms with E-state index in [2.05, 4.69) is 36.3 Å². The van der Waals surface area contributed by atoms with E-state index >= 15 is 0 Å². The van der Waals surface area contributed by atoms with Crippen LogP contribution < -0.4 is 5.73 Å². The van der Waals surface area contributed by atoms with Gasteiger partial charge in [-0.1, -0.05) is 6.92 Å². The SMILES string of the molecule is Cc1cc(CN2CCC(N)(C(=O)O)C2)c(C)n1C1CC(C(=O)O)CCC1C. The van der Waals surface area contributed by atoms with Gasteiger partial charge in [0.15, 0.2) is 0 Å². The van der Waals surface area contributed by atoms with Gasteiger partial charge in [0.2, 0.25) is 0 Å². The molecule has 0 aromatic carbocycles. The van der Waals surface area contributed by atoms with Gasteiger partial charge in [-0.15, -0.1) is 0 Å². The highest BCUT2D eigenvalue weighted by molar-refractivity contribution is 5.79. The summed E-state index contributed by atoms with van der Waals surface area (Å²) in [6.07, 6.45) is 2.80. The summed E-state index contributed by atoms with van der Waals surface area (Å²) in [5, 5.41) is 18.8. The van der Waals surface area contributed by atoms with Gasteiger partial charge in [0.1, 0.15) is 5.54 Å². The van der Waals surface area contributed by atoms with Gasteiger partial charge in [0, 0.05) is 37.1 Å². The standard InChI is InChI=1S/C20H31N3O4/c1-12-4-5-15(18(24)25)9-17(12)23-13(2)8-16(14(23)3)10-22-7-6-20(21,11-22)19(26)27/h8,12,15,17H,4-7,9-11,21H2,1-3H3,(H,24,25)(H,26,27). The molecule has 27 heavy (non-hydrogen) atoms. The summed E-state index contributed by atoms with van der Waals surface area (Å²) in [6, 6.07) is 2.35. The maximum absolute atomic E-state index is 11.5. The van der Waals surface area contributed by atoms with E-state index in [4.69, 9.17) is 5.73 Å². The molecule has 0 amide bonds. The third kappa shape index (κ3) is 3.75. The van der Waals surface area contributed by atoms with Crippen molar-refractivity contribution in [3.05, 3.63) is 23.0 Å². The Hall–Kier alpha value is -1.86. The Kier molecular flexibility index (Phi) is 5.36. The van der Waals surface area contributed by atoms with E-state index in [1.165, 1.54) is 5.56 Å². The van der Waals surface area contributed by atoms with Crippen LogP contribution >= 0.6 is 0 Å². The fraction of sp³-hybridized carbons (Fsp3) is 0.700. The molecule has 1 aromatic heterocycles. The molecular formula is C20H31N3O4. The topological polar surface area (TPSA) is 109 Å². The molecule has 1 aliphatic carbocycles. The number of nitrogens with two attached hydrogens (primary N) is 1. The van der Waals surface area contributed by atoms with Gasteiger partial charge >= 0.3 is 11.9 Å². The first-order valence-electron chi connectivity index (χ1n) is 9.77. The van der Waals surface area contributed by atoms with Gasteiger partial charge in [-0.3, -0.25) is 14.5 Å². The van der Waals surface area contributed by atoms with Crippen LogP contribution in [-0.2, 0) is 16.1 Å². The van der Waals surface area contributed by atoms with Gasteiger partial charge in [0.05, 0.1) is 5.92 Å². The van der Waals surface area contributed by atoms with Crippen LogP contribution in [0.2, 0.25) is 0 Å². The molecule has 4 N–H and O–H groups in total. The molecule has 7 heteroatoms. The minimum Gasteiger partial charge on any atom is -0.481 e. The minimum atomic E-state index is -1.15. The summed E-state index contributed by atoms with van der Waals surface area (Å²) in [4.78, 5) is 25.0. The molecule has 3 rings (SSSR count). The fourth-order valence-electron chi connectivity index (χ4n) is 4.86. The number of aliphatic carboxylic acids is 2. The third-order valence-corrected chi connectivity index (χ3v) is 6.62. The summed E-state index contributed by atoms with van der Waals surface area (Å²) in [5.74, 6) is -1.47. The lowest BCUT2D eigenvalue weighted by Crippen LogP contribution is -2.50. The molecule has 1 aromatic rings. The lowest BCUT2D eigenvalue weighted by atomic mass is 9.79. The summed E-state index contributed by atoms with van der Waals surface area (Å²) in [6.45, 7) is 8.07. The predicted molar refractivity (Wildman–Crippen MR) is 102 cm³/mol. The lowest BCUT2D eigenvalue weighted by Gasteiger charge is -2.35. The van der Waals surface area contributed by atoms with E-state index in [9.17, 15) is 19.8 Å². The summed E-state index contributed by atoms with van der Waals surface area (Å²) >= 11 is 0. The predicted octanol–water partition coefficient (Wildman–Crippen LogP) is 2.15. The Labute approximate surface area is 160 Å². The molecular weight excluding hydrogens is 346 g/mol. The number of carboxylic acids is 2. The van der Waals surface area contributed by atoms with Gasteiger partial charge in [-0.2, -0.15) is 0 Å². The minimum absolute atomic E-state index is 0.194. The Bertz CT molecular complexity index is 744. The van der Waals surface area contributed by atoms with Gasteiger partial charge in [0.25, 0.3) is 0 Å². The second kappa shape index (κ2) is 7.28. The molecule has 4 unspecified atom stereocenters. The van der Waals surface area contributed by atoms with Crippen LogP contribution in [0.4, 0.5) is 0 Å². The smallest absolute Gasteiger partial charge is 0.325 e. The largest absolute Gasteiger partial charge is 0.481 e. The molecule has 1 saturated heterocycles. The molecule has 2 aliphatic rings. The van der Waals surface area contributed by atoms with Crippen molar-refractivity contribution >= 4 is 11.9 Å². The number of likely N-dealkylation sites (tertiary alicyclic amines) is 1. The molecule has 0 bridgehead atoms. The van der Waals surface area contributed by atoms with E-state index < -0.39 is 17.5 Å². The van der Waals surface area contributed by atoms with Crippen LogP contribution in [0.1, 0.15) is 55.6 Å². The van der Waals surface area contributed by atoms with Gasteiger partial charge < -0.3 is 20.5 Å². The number of hydrogen-bond donors (Lipinski definition) is 3. The fourth-order valence-corrected chi connectivity index (χ4v) is 4.86. The van der Waals surface area contributed by atoms with Crippen LogP contribution in [-0.4, -0.2) is 50.2 Å². The molecule has 0 radical (unpaired) electrons. The molecule has 2 heterocycles. The van der Waals surface area contributed by atoms with E-state index in [0.717, 1.165) is 24.2 Å². The van der Waals surface area contributed by atoms with Crippen molar-refractivity contribution in [2.24, 2.45) is 17.6 Å². The highest BCUT2D eigenvalue weighted by Gasteiger charge is 2.41. The first-order valence-corrected chi connectivity index (χ1v) is 9.77. The van der Waals surface area contributed by atoms with Crippen LogP contribution in [0.5, 0.6) is 0 Å². The van der Waals surface area contributed by atoms with Crippen molar-refractivity contribution in [2.75, 3.05) is 13.1 Å². The van der Waals surface area contributed by atoms with Crippen molar-refractivity contribution in [3.63, 3.8) is 0 Å². The van der Waals surface area contributed by atoms with Crippen LogP contribution in [0, 0.1) is 25.7 Å². The van der Waals surface area contributed by atoms with Crippen molar-refractivity contribution in [2.45, 2.75) is 64.6 Å². The van der Waals surface area contributed by atoms with Crippen molar-refractivity contribution in [1.29, 1.82) is 0 Å². The Morgan fingerprint density at radius 3 is 2.59 bits per heavy atom. The molecule has 0 spiro atoms. The van der Waals surface area contributed by atoms with Crippen LogP contribution in [0.3, 0.4) is 0 Å². The molecule has 1 saturated carbocycles. The molecule has 150 valence electrons. The highest BCUT2D eigenvalue weighted by Crippen LogP contribution is 2.39. The maximum atomic E-state index is 11.5. The van der Waals surface area contributed by atoms with Gasteiger partial charge in [-0.25, -0.2) is 0 Å². The van der Waals surface area contributed by atoms with E-state index in [1.54, 1.807) is 0 Å². The zero-order chi connectivity index (χ0) is 19.9. The van der Waals surface area contributed by atoms with E-state index in [0.29, 0.717) is 38.4 Å².